The molecular weight excluding hydrogens is 552 g/mol. The molecule has 0 bridgehead atoms. The molecule has 0 atom stereocenters. The number of para-hydroxylation sites is 1. The van der Waals surface area contributed by atoms with Crippen molar-refractivity contribution in [2.45, 2.75) is 13.5 Å². The molecule has 0 radical (unpaired) electrons. The van der Waals surface area contributed by atoms with Gasteiger partial charge in [0.1, 0.15) is 17.9 Å². The zero-order valence-electron chi connectivity index (χ0n) is 17.5. The fourth-order valence-electron chi connectivity index (χ4n) is 3.38. The van der Waals surface area contributed by atoms with Crippen LogP contribution in [0.1, 0.15) is 16.7 Å². The molecule has 8 heteroatoms. The minimum atomic E-state index is -0.781. The standard InChI is InChI=1S/C25H18Br2N2O4/c1-15-6-2-5-9-21(15)29-24(31)19(23(30)28-25(29)32)13-17-12-18(26)10-11-22(17)33-14-16-7-3-4-8-20(16)27/h2-13H,14H2,1H3,(H,28,30,32)/b19-13+. The Morgan fingerprint density at radius 1 is 0.970 bits per heavy atom. The van der Waals surface area contributed by atoms with Gasteiger partial charge in [-0.15, -0.1) is 0 Å². The van der Waals surface area contributed by atoms with Crippen molar-refractivity contribution < 1.29 is 19.1 Å². The number of nitrogens with one attached hydrogen (secondary N) is 1. The number of benzene rings is 3. The van der Waals surface area contributed by atoms with Gasteiger partial charge in [-0.3, -0.25) is 14.9 Å². The number of urea groups is 1. The summed E-state index contributed by atoms with van der Waals surface area (Å²) >= 11 is 6.93. The smallest absolute Gasteiger partial charge is 0.335 e. The Labute approximate surface area is 207 Å². The van der Waals surface area contributed by atoms with Crippen LogP contribution in [0.2, 0.25) is 0 Å². The second-order valence-corrected chi connectivity index (χ2v) is 9.08. The van der Waals surface area contributed by atoms with E-state index in [1.165, 1.54) is 6.08 Å². The highest BCUT2D eigenvalue weighted by molar-refractivity contribution is 9.10. The molecule has 1 N–H and O–H groups in total. The fraction of sp³-hybridized carbons (Fsp3) is 0.0800. The van der Waals surface area contributed by atoms with Crippen molar-refractivity contribution in [3.8, 4) is 5.75 Å². The van der Waals surface area contributed by atoms with Gasteiger partial charge in [-0.1, -0.05) is 68.3 Å². The van der Waals surface area contributed by atoms with Gasteiger partial charge < -0.3 is 4.74 Å². The van der Waals surface area contributed by atoms with Crippen molar-refractivity contribution in [3.05, 3.63) is 97.9 Å². The van der Waals surface area contributed by atoms with E-state index in [0.717, 1.165) is 25.0 Å². The van der Waals surface area contributed by atoms with Gasteiger partial charge >= 0.3 is 6.03 Å². The van der Waals surface area contributed by atoms with Crippen LogP contribution in [0.5, 0.6) is 5.75 Å². The quantitative estimate of drug-likeness (QED) is 0.313. The molecule has 3 aromatic rings. The Morgan fingerprint density at radius 3 is 2.45 bits per heavy atom. The lowest BCUT2D eigenvalue weighted by atomic mass is 10.0. The van der Waals surface area contributed by atoms with Gasteiger partial charge in [-0.05, 0) is 48.9 Å². The number of amides is 4. The van der Waals surface area contributed by atoms with Crippen molar-refractivity contribution in [1.82, 2.24) is 5.32 Å². The van der Waals surface area contributed by atoms with Crippen molar-refractivity contribution in [3.63, 3.8) is 0 Å². The Kier molecular flexibility index (Phi) is 6.76. The fourth-order valence-corrected chi connectivity index (χ4v) is 4.16. The minimum absolute atomic E-state index is 0.165. The molecule has 4 amide bonds. The summed E-state index contributed by atoms with van der Waals surface area (Å²) in [4.78, 5) is 39.3. The molecule has 1 aliphatic rings. The third kappa shape index (κ3) is 4.91. The van der Waals surface area contributed by atoms with E-state index >= 15 is 0 Å². The van der Waals surface area contributed by atoms with E-state index in [4.69, 9.17) is 4.74 Å². The van der Waals surface area contributed by atoms with Crippen LogP contribution >= 0.6 is 31.9 Å². The number of halogens is 2. The van der Waals surface area contributed by atoms with Gasteiger partial charge in [-0.2, -0.15) is 0 Å². The van der Waals surface area contributed by atoms with Gasteiger partial charge in [0.15, 0.2) is 0 Å². The lowest BCUT2D eigenvalue weighted by Gasteiger charge is -2.27. The maximum Gasteiger partial charge on any atom is 0.335 e. The highest BCUT2D eigenvalue weighted by Gasteiger charge is 2.37. The van der Waals surface area contributed by atoms with Crippen LogP contribution in [0.25, 0.3) is 6.08 Å². The number of carbonyl (C=O) groups excluding carboxylic acids is 3. The number of hydrogen-bond donors (Lipinski definition) is 1. The zero-order valence-corrected chi connectivity index (χ0v) is 20.6. The van der Waals surface area contributed by atoms with Crippen LogP contribution in [0.3, 0.4) is 0 Å². The molecule has 166 valence electrons. The Hall–Kier alpha value is -3.23. The zero-order chi connectivity index (χ0) is 23.5. The van der Waals surface area contributed by atoms with Crippen molar-refractivity contribution in [1.29, 1.82) is 0 Å². The molecule has 1 heterocycles. The largest absolute Gasteiger partial charge is 0.488 e. The second kappa shape index (κ2) is 9.72. The lowest BCUT2D eigenvalue weighted by Crippen LogP contribution is -2.54. The second-order valence-electron chi connectivity index (χ2n) is 7.31. The number of hydrogen-bond acceptors (Lipinski definition) is 4. The van der Waals surface area contributed by atoms with Crippen LogP contribution < -0.4 is 15.0 Å². The predicted molar refractivity (Wildman–Crippen MR) is 133 cm³/mol. The topological polar surface area (TPSA) is 75.7 Å². The maximum atomic E-state index is 13.2. The summed E-state index contributed by atoms with van der Waals surface area (Å²) in [5.74, 6) is -0.970. The molecule has 3 aromatic carbocycles. The molecular formula is C25H18Br2N2O4. The van der Waals surface area contributed by atoms with Crippen LogP contribution in [0.15, 0.2) is 81.2 Å². The van der Waals surface area contributed by atoms with Gasteiger partial charge in [0, 0.05) is 20.1 Å². The Morgan fingerprint density at radius 2 is 1.70 bits per heavy atom. The molecule has 0 aromatic heterocycles. The summed E-state index contributed by atoms with van der Waals surface area (Å²) in [6.45, 7) is 2.07. The highest BCUT2D eigenvalue weighted by atomic mass is 79.9. The SMILES string of the molecule is Cc1ccccc1N1C(=O)NC(=O)/C(=C\c2cc(Br)ccc2OCc2ccccc2Br)C1=O. The van der Waals surface area contributed by atoms with Crippen molar-refractivity contribution >= 4 is 61.5 Å². The van der Waals surface area contributed by atoms with Crippen LogP contribution in [0, 0.1) is 6.92 Å². The Bertz CT molecular complexity index is 1300. The van der Waals surface area contributed by atoms with E-state index in [0.29, 0.717) is 17.0 Å². The first-order valence-corrected chi connectivity index (χ1v) is 11.6. The summed E-state index contributed by atoms with van der Waals surface area (Å²) in [6.07, 6.45) is 1.44. The predicted octanol–water partition coefficient (Wildman–Crippen LogP) is 5.77. The third-order valence-electron chi connectivity index (χ3n) is 5.07. The average molecular weight is 570 g/mol. The molecule has 33 heavy (non-hydrogen) atoms. The minimum Gasteiger partial charge on any atom is -0.488 e. The number of nitrogens with zero attached hydrogens (tertiary/aromatic N) is 1. The van der Waals surface area contributed by atoms with E-state index in [1.54, 1.807) is 37.3 Å². The molecule has 0 spiro atoms. The van der Waals surface area contributed by atoms with Gasteiger partial charge in [0.2, 0.25) is 0 Å². The molecule has 1 fully saturated rings. The van der Waals surface area contributed by atoms with E-state index in [1.807, 2.05) is 36.4 Å². The van der Waals surface area contributed by atoms with E-state index in [9.17, 15) is 14.4 Å². The number of barbiturate groups is 1. The van der Waals surface area contributed by atoms with Gasteiger partial charge in [0.05, 0.1) is 5.69 Å². The van der Waals surface area contributed by atoms with Crippen LogP contribution in [-0.4, -0.2) is 17.8 Å². The number of rotatable bonds is 5. The molecule has 1 saturated heterocycles. The molecule has 4 rings (SSSR count). The van der Waals surface area contributed by atoms with E-state index < -0.39 is 17.8 Å². The summed E-state index contributed by atoms with van der Waals surface area (Å²) < 4.78 is 7.67. The van der Waals surface area contributed by atoms with Crippen LogP contribution in [-0.2, 0) is 16.2 Å². The summed E-state index contributed by atoms with van der Waals surface area (Å²) in [5.41, 5.74) is 2.45. The summed E-state index contributed by atoms with van der Waals surface area (Å²) in [5, 5.41) is 2.26. The van der Waals surface area contributed by atoms with E-state index in [-0.39, 0.29) is 12.2 Å². The van der Waals surface area contributed by atoms with Gasteiger partial charge in [-0.25, -0.2) is 9.69 Å². The highest BCUT2D eigenvalue weighted by Crippen LogP contribution is 2.30. The van der Waals surface area contributed by atoms with Crippen molar-refractivity contribution in [2.24, 2.45) is 0 Å². The number of aryl methyl sites for hydroxylation is 1. The Balaban J connectivity index is 1.70. The third-order valence-corrected chi connectivity index (χ3v) is 6.34. The summed E-state index contributed by atoms with van der Waals surface area (Å²) in [6, 6.07) is 19.2. The molecule has 6 nitrogen and oxygen atoms in total. The van der Waals surface area contributed by atoms with E-state index in [2.05, 4.69) is 37.2 Å². The first-order valence-electron chi connectivity index (χ1n) is 9.98. The van der Waals surface area contributed by atoms with Gasteiger partial charge in [0.25, 0.3) is 11.8 Å². The summed E-state index contributed by atoms with van der Waals surface area (Å²) in [7, 11) is 0. The maximum absolute atomic E-state index is 13.2. The lowest BCUT2D eigenvalue weighted by molar-refractivity contribution is -0.122. The first-order chi connectivity index (χ1) is 15.8. The number of anilines is 1. The molecule has 0 saturated carbocycles. The number of ether oxygens (including phenoxy) is 1. The molecule has 0 aliphatic carbocycles. The number of imide groups is 2. The van der Waals surface area contributed by atoms with Crippen LogP contribution in [0.4, 0.5) is 10.5 Å². The number of carbonyl (C=O) groups is 3. The monoisotopic (exact) mass is 568 g/mol. The normalized spacial score (nSPS) is 15.1. The molecule has 0 unspecified atom stereocenters. The molecule has 1 aliphatic heterocycles. The first kappa shape index (κ1) is 22.9. The average Bonchev–Trinajstić information content (AvgIpc) is 2.78. The van der Waals surface area contributed by atoms with Crippen molar-refractivity contribution in [2.75, 3.05) is 4.90 Å².